The van der Waals surface area contributed by atoms with E-state index in [1.807, 2.05) is 45.0 Å². The molecule has 0 spiro atoms. The van der Waals surface area contributed by atoms with Gasteiger partial charge in [-0.2, -0.15) is 0 Å². The molecule has 1 aromatic heterocycles. The Labute approximate surface area is 142 Å². The summed E-state index contributed by atoms with van der Waals surface area (Å²) in [5.74, 6) is 0.749. The van der Waals surface area contributed by atoms with Gasteiger partial charge >= 0.3 is 6.09 Å². The molecule has 0 aliphatic heterocycles. The predicted octanol–water partition coefficient (Wildman–Crippen LogP) is 3.81. The van der Waals surface area contributed by atoms with Crippen molar-refractivity contribution in [1.82, 2.24) is 15.3 Å². The number of rotatable bonds is 3. The molecule has 0 bridgehead atoms. The summed E-state index contributed by atoms with van der Waals surface area (Å²) in [5, 5.41) is 6.47. The van der Waals surface area contributed by atoms with Gasteiger partial charge in [0, 0.05) is 6.04 Å². The second-order valence-electron chi connectivity index (χ2n) is 7.39. The maximum Gasteiger partial charge on any atom is 0.407 e. The van der Waals surface area contributed by atoms with Crippen molar-refractivity contribution in [2.45, 2.75) is 64.1 Å². The van der Waals surface area contributed by atoms with Crippen molar-refractivity contribution >= 4 is 23.1 Å². The monoisotopic (exact) mass is 330 g/mol. The Morgan fingerprint density at radius 1 is 1.21 bits per heavy atom. The Bertz CT molecular complexity index is 671. The van der Waals surface area contributed by atoms with E-state index >= 15 is 0 Å². The van der Waals surface area contributed by atoms with Crippen molar-refractivity contribution in [3.8, 4) is 0 Å². The quantitative estimate of drug-likeness (QED) is 0.799. The van der Waals surface area contributed by atoms with Crippen LogP contribution in [0.5, 0.6) is 0 Å². The average molecular weight is 330 g/mol. The van der Waals surface area contributed by atoms with E-state index in [0.29, 0.717) is 0 Å². The third kappa shape index (κ3) is 4.19. The molecule has 3 N–H and O–H groups in total. The van der Waals surface area contributed by atoms with Crippen molar-refractivity contribution in [2.24, 2.45) is 0 Å². The third-order valence-corrected chi connectivity index (χ3v) is 4.18. The van der Waals surface area contributed by atoms with Crippen LogP contribution < -0.4 is 10.6 Å². The Morgan fingerprint density at radius 3 is 2.62 bits per heavy atom. The van der Waals surface area contributed by atoms with E-state index in [0.717, 1.165) is 42.7 Å². The molecule has 6 heteroatoms. The molecule has 130 valence electrons. The standard InChI is InChI=1S/C18H26N4O2/c1-18(2,3)24-17(23)22-15-11-7-6-10-14(15)21-16-19-12-8-4-5-9-13(12)20-16/h4-5,8-9,14-15H,6-7,10-11H2,1-3H3,(H,22,23)(H2,19,20,21). The molecule has 0 radical (unpaired) electrons. The lowest BCUT2D eigenvalue weighted by atomic mass is 9.90. The number of amides is 1. The first-order valence-electron chi connectivity index (χ1n) is 8.61. The topological polar surface area (TPSA) is 79.0 Å². The summed E-state index contributed by atoms with van der Waals surface area (Å²) in [6, 6.07) is 8.13. The van der Waals surface area contributed by atoms with E-state index in [-0.39, 0.29) is 18.2 Å². The van der Waals surface area contributed by atoms with Crippen molar-refractivity contribution in [1.29, 1.82) is 0 Å². The average Bonchev–Trinajstić information content (AvgIpc) is 2.89. The van der Waals surface area contributed by atoms with Crippen LogP contribution in [0.4, 0.5) is 10.7 Å². The van der Waals surface area contributed by atoms with Crippen LogP contribution in [0, 0.1) is 0 Å². The molecule has 1 amide bonds. The predicted molar refractivity (Wildman–Crippen MR) is 95.1 cm³/mol. The SMILES string of the molecule is CC(C)(C)OC(=O)NC1CCCCC1Nc1nc2ccccc2[nH]1. The van der Waals surface area contributed by atoms with E-state index in [4.69, 9.17) is 4.74 Å². The normalized spacial score (nSPS) is 21.5. The summed E-state index contributed by atoms with van der Waals surface area (Å²) >= 11 is 0. The second-order valence-corrected chi connectivity index (χ2v) is 7.39. The van der Waals surface area contributed by atoms with E-state index < -0.39 is 5.60 Å². The van der Waals surface area contributed by atoms with E-state index in [2.05, 4.69) is 20.6 Å². The van der Waals surface area contributed by atoms with Gasteiger partial charge in [0.25, 0.3) is 0 Å². The lowest BCUT2D eigenvalue weighted by Crippen LogP contribution is -2.49. The molecule has 3 rings (SSSR count). The number of carbonyl (C=O) groups excluding carboxylic acids is 1. The minimum Gasteiger partial charge on any atom is -0.444 e. The largest absolute Gasteiger partial charge is 0.444 e. The summed E-state index contributed by atoms with van der Waals surface area (Å²) in [4.78, 5) is 19.9. The number of nitrogens with one attached hydrogen (secondary N) is 3. The fourth-order valence-corrected chi connectivity index (χ4v) is 3.13. The highest BCUT2D eigenvalue weighted by Gasteiger charge is 2.28. The van der Waals surface area contributed by atoms with Gasteiger partial charge in [0.15, 0.2) is 0 Å². The zero-order valence-electron chi connectivity index (χ0n) is 14.6. The number of fused-ring (bicyclic) bond motifs is 1. The molecule has 1 fully saturated rings. The lowest BCUT2D eigenvalue weighted by Gasteiger charge is -2.33. The van der Waals surface area contributed by atoms with Gasteiger partial charge in [-0.05, 0) is 45.7 Å². The van der Waals surface area contributed by atoms with Crippen LogP contribution >= 0.6 is 0 Å². The van der Waals surface area contributed by atoms with E-state index in [1.165, 1.54) is 0 Å². The van der Waals surface area contributed by atoms with Gasteiger partial charge in [0.2, 0.25) is 5.95 Å². The van der Waals surface area contributed by atoms with Gasteiger partial charge in [0.05, 0.1) is 17.1 Å². The highest BCUT2D eigenvalue weighted by Crippen LogP contribution is 2.23. The summed E-state index contributed by atoms with van der Waals surface area (Å²) in [6.07, 6.45) is 3.84. The molecule has 1 heterocycles. The molecular formula is C18H26N4O2. The van der Waals surface area contributed by atoms with Crippen molar-refractivity contribution < 1.29 is 9.53 Å². The Morgan fingerprint density at radius 2 is 1.92 bits per heavy atom. The molecule has 1 saturated carbocycles. The molecule has 1 aliphatic rings. The summed E-state index contributed by atoms with van der Waals surface area (Å²) < 4.78 is 5.39. The number of aromatic amines is 1. The molecular weight excluding hydrogens is 304 g/mol. The maximum atomic E-state index is 12.1. The summed E-state index contributed by atoms with van der Waals surface area (Å²) in [5.41, 5.74) is 1.46. The van der Waals surface area contributed by atoms with Gasteiger partial charge in [-0.25, -0.2) is 9.78 Å². The lowest BCUT2D eigenvalue weighted by molar-refractivity contribution is 0.0488. The second kappa shape index (κ2) is 6.71. The maximum absolute atomic E-state index is 12.1. The number of H-pyrrole nitrogens is 1. The molecule has 0 saturated heterocycles. The minimum absolute atomic E-state index is 0.0433. The van der Waals surface area contributed by atoms with Crippen LogP contribution in [-0.2, 0) is 4.74 Å². The van der Waals surface area contributed by atoms with Crippen LogP contribution in [0.2, 0.25) is 0 Å². The van der Waals surface area contributed by atoms with E-state index in [1.54, 1.807) is 0 Å². The van der Waals surface area contributed by atoms with Crippen molar-refractivity contribution in [3.63, 3.8) is 0 Å². The Hall–Kier alpha value is -2.24. The number of carbonyl (C=O) groups is 1. The van der Waals surface area contributed by atoms with Crippen LogP contribution in [0.15, 0.2) is 24.3 Å². The zero-order chi connectivity index (χ0) is 17.2. The summed E-state index contributed by atoms with van der Waals surface area (Å²) in [6.45, 7) is 5.62. The number of ether oxygens (including phenoxy) is 1. The van der Waals surface area contributed by atoms with Gasteiger partial charge in [-0.1, -0.05) is 25.0 Å². The number of para-hydroxylation sites is 2. The van der Waals surface area contributed by atoms with Crippen LogP contribution in [0.3, 0.4) is 0 Å². The smallest absolute Gasteiger partial charge is 0.407 e. The highest BCUT2D eigenvalue weighted by molar-refractivity contribution is 5.77. The molecule has 2 unspecified atom stereocenters. The Balaban J connectivity index is 1.66. The van der Waals surface area contributed by atoms with E-state index in [9.17, 15) is 4.79 Å². The molecule has 1 aliphatic carbocycles. The van der Waals surface area contributed by atoms with Gasteiger partial charge < -0.3 is 20.4 Å². The van der Waals surface area contributed by atoms with Gasteiger partial charge in [0.1, 0.15) is 5.60 Å². The fourth-order valence-electron chi connectivity index (χ4n) is 3.13. The number of anilines is 1. The molecule has 2 atom stereocenters. The van der Waals surface area contributed by atoms with Gasteiger partial charge in [-0.15, -0.1) is 0 Å². The molecule has 24 heavy (non-hydrogen) atoms. The number of nitrogens with zero attached hydrogens (tertiary/aromatic N) is 1. The number of hydrogen-bond acceptors (Lipinski definition) is 4. The first-order chi connectivity index (χ1) is 11.4. The number of benzene rings is 1. The molecule has 2 aromatic rings. The number of aromatic nitrogens is 2. The zero-order valence-corrected chi connectivity index (χ0v) is 14.6. The first-order valence-corrected chi connectivity index (χ1v) is 8.61. The fraction of sp³-hybridized carbons (Fsp3) is 0.556. The van der Waals surface area contributed by atoms with Gasteiger partial charge in [-0.3, -0.25) is 0 Å². The summed E-state index contributed by atoms with van der Waals surface area (Å²) in [7, 11) is 0. The first kappa shape index (κ1) is 16.6. The molecule has 6 nitrogen and oxygen atoms in total. The van der Waals surface area contributed by atoms with Crippen LogP contribution in [0.1, 0.15) is 46.5 Å². The minimum atomic E-state index is -0.486. The highest BCUT2D eigenvalue weighted by atomic mass is 16.6. The van der Waals surface area contributed by atoms with Crippen molar-refractivity contribution in [3.05, 3.63) is 24.3 Å². The third-order valence-electron chi connectivity index (χ3n) is 4.18. The van der Waals surface area contributed by atoms with Crippen LogP contribution in [-0.4, -0.2) is 33.7 Å². The number of hydrogen-bond donors (Lipinski definition) is 3. The Kier molecular flexibility index (Phi) is 4.64. The molecule has 1 aromatic carbocycles. The van der Waals surface area contributed by atoms with Crippen LogP contribution in [0.25, 0.3) is 11.0 Å². The number of imidazole rings is 1. The van der Waals surface area contributed by atoms with Crippen molar-refractivity contribution in [2.75, 3.05) is 5.32 Å². The number of alkyl carbamates (subject to hydrolysis) is 1.